The van der Waals surface area contributed by atoms with Crippen LogP contribution in [-0.2, 0) is 19.6 Å². The number of hydrogen-bond acceptors (Lipinski definition) is 5. The SMILES string of the molecule is CCOCCNC(=O)CCN(c1ccc(OC)cc1)S(=O)(=O)c1ccc(C)c(C)c1. The number of benzene rings is 2. The molecule has 0 saturated carbocycles. The minimum Gasteiger partial charge on any atom is -0.497 e. The Hall–Kier alpha value is -2.58. The second-order valence-electron chi connectivity index (χ2n) is 6.82. The fourth-order valence-corrected chi connectivity index (χ4v) is 4.39. The molecule has 0 aromatic heterocycles. The van der Waals surface area contributed by atoms with Crippen LogP contribution in [0, 0.1) is 13.8 Å². The van der Waals surface area contributed by atoms with Crippen molar-refractivity contribution in [2.24, 2.45) is 0 Å². The van der Waals surface area contributed by atoms with Crippen molar-refractivity contribution >= 4 is 21.6 Å². The molecule has 0 saturated heterocycles. The van der Waals surface area contributed by atoms with E-state index in [4.69, 9.17) is 9.47 Å². The number of methoxy groups -OCH3 is 1. The highest BCUT2D eigenvalue weighted by Gasteiger charge is 2.26. The maximum absolute atomic E-state index is 13.4. The Bertz CT molecular complexity index is 943. The second-order valence-corrected chi connectivity index (χ2v) is 8.68. The van der Waals surface area contributed by atoms with Crippen molar-refractivity contribution < 1.29 is 22.7 Å². The van der Waals surface area contributed by atoms with E-state index in [0.717, 1.165) is 11.1 Å². The van der Waals surface area contributed by atoms with Crippen LogP contribution in [-0.4, -0.2) is 47.7 Å². The van der Waals surface area contributed by atoms with Gasteiger partial charge in [0.1, 0.15) is 5.75 Å². The predicted molar refractivity (Wildman–Crippen MR) is 118 cm³/mol. The van der Waals surface area contributed by atoms with Gasteiger partial charge in [-0.3, -0.25) is 9.10 Å². The Morgan fingerprint density at radius 1 is 1.07 bits per heavy atom. The Balaban J connectivity index is 2.26. The minimum absolute atomic E-state index is 0.0159. The molecule has 7 nitrogen and oxygen atoms in total. The van der Waals surface area contributed by atoms with Gasteiger partial charge in [0.05, 0.1) is 24.3 Å². The summed E-state index contributed by atoms with van der Waals surface area (Å²) in [5, 5.41) is 2.74. The van der Waals surface area contributed by atoms with Crippen LogP contribution in [0.1, 0.15) is 24.5 Å². The lowest BCUT2D eigenvalue weighted by atomic mass is 10.1. The summed E-state index contributed by atoms with van der Waals surface area (Å²) in [6.07, 6.45) is 0.0300. The summed E-state index contributed by atoms with van der Waals surface area (Å²) < 4.78 is 38.4. The van der Waals surface area contributed by atoms with E-state index >= 15 is 0 Å². The van der Waals surface area contributed by atoms with E-state index in [-0.39, 0.29) is 23.8 Å². The molecular formula is C22H30N2O5S. The van der Waals surface area contributed by atoms with Gasteiger partial charge in [0, 0.05) is 26.1 Å². The van der Waals surface area contributed by atoms with E-state index in [0.29, 0.717) is 31.2 Å². The summed E-state index contributed by atoms with van der Waals surface area (Å²) in [6.45, 7) is 7.09. The first kappa shape index (κ1) is 23.7. The van der Waals surface area contributed by atoms with E-state index in [2.05, 4.69) is 5.32 Å². The standard InChI is InChI=1S/C22H30N2O5S/c1-5-29-15-13-23-22(25)12-14-24(19-7-9-20(28-4)10-8-19)30(26,27)21-11-6-17(2)18(3)16-21/h6-11,16H,5,12-15H2,1-4H3,(H,23,25). The number of nitrogens with one attached hydrogen (secondary N) is 1. The highest BCUT2D eigenvalue weighted by Crippen LogP contribution is 2.27. The molecule has 0 spiro atoms. The number of rotatable bonds is 11. The third kappa shape index (κ3) is 6.21. The largest absolute Gasteiger partial charge is 0.497 e. The van der Waals surface area contributed by atoms with Crippen molar-refractivity contribution in [3.05, 3.63) is 53.6 Å². The van der Waals surface area contributed by atoms with E-state index < -0.39 is 10.0 Å². The normalized spacial score (nSPS) is 11.2. The number of carbonyl (C=O) groups excluding carboxylic acids is 1. The lowest BCUT2D eigenvalue weighted by Gasteiger charge is -2.25. The quantitative estimate of drug-likeness (QED) is 0.550. The predicted octanol–water partition coefficient (Wildman–Crippen LogP) is 3.05. The van der Waals surface area contributed by atoms with Crippen LogP contribution < -0.4 is 14.4 Å². The summed E-state index contributed by atoms with van der Waals surface area (Å²) in [4.78, 5) is 12.4. The highest BCUT2D eigenvalue weighted by atomic mass is 32.2. The zero-order chi connectivity index (χ0) is 22.1. The van der Waals surface area contributed by atoms with Crippen LogP contribution in [0.4, 0.5) is 5.69 Å². The molecule has 0 atom stereocenters. The van der Waals surface area contributed by atoms with Crippen LogP contribution in [0.5, 0.6) is 5.75 Å². The third-order valence-electron chi connectivity index (χ3n) is 4.74. The maximum Gasteiger partial charge on any atom is 0.264 e. The van der Waals surface area contributed by atoms with Gasteiger partial charge in [-0.2, -0.15) is 0 Å². The fraction of sp³-hybridized carbons (Fsp3) is 0.409. The van der Waals surface area contributed by atoms with Gasteiger partial charge in [-0.25, -0.2) is 8.42 Å². The highest BCUT2D eigenvalue weighted by molar-refractivity contribution is 7.92. The zero-order valence-electron chi connectivity index (χ0n) is 18.0. The van der Waals surface area contributed by atoms with Gasteiger partial charge in [-0.1, -0.05) is 6.07 Å². The van der Waals surface area contributed by atoms with Crippen molar-refractivity contribution in [2.45, 2.75) is 32.1 Å². The molecule has 1 N–H and O–H groups in total. The first-order valence-electron chi connectivity index (χ1n) is 9.88. The molecule has 30 heavy (non-hydrogen) atoms. The monoisotopic (exact) mass is 434 g/mol. The third-order valence-corrected chi connectivity index (χ3v) is 6.56. The molecule has 0 aliphatic rings. The smallest absolute Gasteiger partial charge is 0.264 e. The topological polar surface area (TPSA) is 84.9 Å². The van der Waals surface area contributed by atoms with E-state index in [9.17, 15) is 13.2 Å². The van der Waals surface area contributed by atoms with E-state index in [1.54, 1.807) is 49.6 Å². The Morgan fingerprint density at radius 2 is 1.77 bits per heavy atom. The molecular weight excluding hydrogens is 404 g/mol. The number of sulfonamides is 1. The average Bonchev–Trinajstić information content (AvgIpc) is 2.73. The molecule has 0 fully saturated rings. The Morgan fingerprint density at radius 3 is 2.37 bits per heavy atom. The number of amides is 1. The molecule has 2 rings (SSSR count). The Kier molecular flexibility index (Phi) is 8.68. The molecule has 0 radical (unpaired) electrons. The molecule has 0 aliphatic carbocycles. The van der Waals surface area contributed by atoms with Gasteiger partial charge in [-0.15, -0.1) is 0 Å². The summed E-state index contributed by atoms with van der Waals surface area (Å²) in [7, 11) is -2.30. The summed E-state index contributed by atoms with van der Waals surface area (Å²) in [6, 6.07) is 11.8. The number of carbonyl (C=O) groups is 1. The second kappa shape index (κ2) is 11.0. The molecule has 2 aromatic rings. The van der Waals surface area contributed by atoms with Crippen LogP contribution in [0.15, 0.2) is 47.4 Å². The first-order chi connectivity index (χ1) is 14.3. The molecule has 2 aromatic carbocycles. The van der Waals surface area contributed by atoms with Crippen molar-refractivity contribution in [1.82, 2.24) is 5.32 Å². The number of nitrogens with zero attached hydrogens (tertiary/aromatic N) is 1. The number of aryl methyl sites for hydroxylation is 2. The summed E-state index contributed by atoms with van der Waals surface area (Å²) >= 11 is 0. The van der Waals surface area contributed by atoms with Gasteiger partial charge in [0.2, 0.25) is 5.91 Å². The summed E-state index contributed by atoms with van der Waals surface area (Å²) in [5.41, 5.74) is 2.37. The molecule has 0 heterocycles. The van der Waals surface area contributed by atoms with Crippen molar-refractivity contribution in [3.8, 4) is 5.75 Å². The molecule has 0 unspecified atom stereocenters. The number of anilines is 1. The molecule has 164 valence electrons. The maximum atomic E-state index is 13.4. The van der Waals surface area contributed by atoms with Gasteiger partial charge < -0.3 is 14.8 Å². The van der Waals surface area contributed by atoms with Gasteiger partial charge in [0.15, 0.2) is 0 Å². The lowest BCUT2D eigenvalue weighted by molar-refractivity contribution is -0.121. The van der Waals surface area contributed by atoms with E-state index in [1.807, 2.05) is 20.8 Å². The zero-order valence-corrected chi connectivity index (χ0v) is 18.8. The van der Waals surface area contributed by atoms with Crippen LogP contribution >= 0.6 is 0 Å². The number of hydrogen-bond donors (Lipinski definition) is 1. The van der Waals surface area contributed by atoms with Crippen LogP contribution in [0.3, 0.4) is 0 Å². The van der Waals surface area contributed by atoms with E-state index in [1.165, 1.54) is 4.31 Å². The molecule has 0 aliphatic heterocycles. The molecule has 0 bridgehead atoms. The van der Waals surface area contributed by atoms with Crippen LogP contribution in [0.25, 0.3) is 0 Å². The molecule has 8 heteroatoms. The number of ether oxygens (including phenoxy) is 2. The van der Waals surface area contributed by atoms with Gasteiger partial charge in [0.25, 0.3) is 10.0 Å². The van der Waals surface area contributed by atoms with Crippen molar-refractivity contribution in [2.75, 3.05) is 37.7 Å². The minimum atomic E-state index is -3.85. The van der Waals surface area contributed by atoms with Crippen LogP contribution in [0.2, 0.25) is 0 Å². The lowest BCUT2D eigenvalue weighted by Crippen LogP contribution is -2.36. The first-order valence-corrected chi connectivity index (χ1v) is 11.3. The molecule has 1 amide bonds. The average molecular weight is 435 g/mol. The van der Waals surface area contributed by atoms with Gasteiger partial charge in [-0.05, 0) is 68.3 Å². The van der Waals surface area contributed by atoms with Crippen molar-refractivity contribution in [1.29, 1.82) is 0 Å². The van der Waals surface area contributed by atoms with Gasteiger partial charge >= 0.3 is 0 Å². The Labute approximate surface area is 179 Å². The van der Waals surface area contributed by atoms with Crippen molar-refractivity contribution in [3.63, 3.8) is 0 Å². The summed E-state index contributed by atoms with van der Waals surface area (Å²) in [5.74, 6) is 0.388. The fourth-order valence-electron chi connectivity index (χ4n) is 2.84.